The Labute approximate surface area is 191 Å². The molecule has 2 aliphatic rings. The molecule has 1 fully saturated rings. The predicted molar refractivity (Wildman–Crippen MR) is 123 cm³/mol. The Morgan fingerprint density at radius 2 is 1.79 bits per heavy atom. The zero-order chi connectivity index (χ0) is 22.9. The standard InChI is InChI=1S/C25H27FN4O3/c1-2-33-25(32)24-19-8-5-11-22(19)30(27-24)16-23(31)29-14-12-28(13-15-29)21-10-4-6-17-18(21)7-3-9-20(17)26/h3-4,6-7,9-10H,2,5,8,11-16H2,1H3. The number of amides is 1. The van der Waals surface area contributed by atoms with Crippen molar-refractivity contribution in [3.8, 4) is 0 Å². The van der Waals surface area contributed by atoms with E-state index in [2.05, 4.69) is 10.00 Å². The second-order valence-corrected chi connectivity index (χ2v) is 8.49. The third kappa shape index (κ3) is 3.94. The van der Waals surface area contributed by atoms with Crippen molar-refractivity contribution in [2.75, 3.05) is 37.7 Å². The van der Waals surface area contributed by atoms with Crippen molar-refractivity contribution < 1.29 is 18.7 Å². The van der Waals surface area contributed by atoms with Gasteiger partial charge in [-0.1, -0.05) is 24.3 Å². The van der Waals surface area contributed by atoms with Crippen LogP contribution in [0.25, 0.3) is 10.8 Å². The summed E-state index contributed by atoms with van der Waals surface area (Å²) in [7, 11) is 0. The smallest absolute Gasteiger partial charge is 0.359 e. The van der Waals surface area contributed by atoms with Crippen molar-refractivity contribution in [3.05, 3.63) is 59.2 Å². The van der Waals surface area contributed by atoms with Crippen molar-refractivity contribution >= 4 is 28.3 Å². The molecule has 0 saturated carbocycles. The fourth-order valence-corrected chi connectivity index (χ4v) is 4.96. The van der Waals surface area contributed by atoms with Gasteiger partial charge in [-0.05, 0) is 38.3 Å². The highest BCUT2D eigenvalue weighted by Crippen LogP contribution is 2.29. The summed E-state index contributed by atoms with van der Waals surface area (Å²) in [6.07, 6.45) is 2.57. The van der Waals surface area contributed by atoms with Gasteiger partial charge in [-0.2, -0.15) is 5.10 Å². The van der Waals surface area contributed by atoms with Crippen LogP contribution < -0.4 is 4.90 Å². The Hall–Kier alpha value is -3.42. The number of piperazine rings is 1. The lowest BCUT2D eigenvalue weighted by atomic mass is 10.1. The van der Waals surface area contributed by atoms with E-state index in [0.29, 0.717) is 43.9 Å². The molecule has 0 unspecified atom stereocenters. The second kappa shape index (κ2) is 8.84. The number of carbonyl (C=O) groups is 2. The minimum absolute atomic E-state index is 0.00813. The first kappa shape index (κ1) is 21.4. The predicted octanol–water partition coefficient (Wildman–Crippen LogP) is 3.19. The molecule has 1 saturated heterocycles. The first-order valence-electron chi connectivity index (χ1n) is 11.5. The van der Waals surface area contributed by atoms with E-state index >= 15 is 0 Å². The zero-order valence-electron chi connectivity index (χ0n) is 18.7. The summed E-state index contributed by atoms with van der Waals surface area (Å²) in [5.74, 6) is -0.648. The van der Waals surface area contributed by atoms with Crippen LogP contribution in [-0.4, -0.2) is 59.3 Å². The van der Waals surface area contributed by atoms with Crippen LogP contribution in [0.1, 0.15) is 35.1 Å². The number of aromatic nitrogens is 2. The van der Waals surface area contributed by atoms with Crippen LogP contribution in [0.5, 0.6) is 0 Å². The van der Waals surface area contributed by atoms with Gasteiger partial charge in [0.25, 0.3) is 0 Å². The van der Waals surface area contributed by atoms with Crippen molar-refractivity contribution in [2.24, 2.45) is 0 Å². The maximum Gasteiger partial charge on any atom is 0.359 e. The molecule has 5 rings (SSSR count). The molecule has 0 spiro atoms. The number of hydrogen-bond acceptors (Lipinski definition) is 5. The van der Waals surface area contributed by atoms with Gasteiger partial charge >= 0.3 is 5.97 Å². The maximum atomic E-state index is 14.2. The molecule has 1 aliphatic carbocycles. The Morgan fingerprint density at radius 1 is 1.03 bits per heavy atom. The van der Waals surface area contributed by atoms with Gasteiger partial charge in [0.05, 0.1) is 6.61 Å². The van der Waals surface area contributed by atoms with E-state index in [0.717, 1.165) is 41.6 Å². The molecule has 2 heterocycles. The molecule has 0 N–H and O–H groups in total. The van der Waals surface area contributed by atoms with Gasteiger partial charge in [0.1, 0.15) is 12.4 Å². The summed E-state index contributed by atoms with van der Waals surface area (Å²) >= 11 is 0. The average molecular weight is 451 g/mol. The van der Waals surface area contributed by atoms with E-state index in [4.69, 9.17) is 4.74 Å². The SMILES string of the molecule is CCOC(=O)c1nn(CC(=O)N2CCN(c3cccc4c(F)cccc34)CC2)c2c1CCC2. The molecular weight excluding hydrogens is 423 g/mol. The minimum atomic E-state index is -0.415. The molecule has 3 aromatic rings. The quantitative estimate of drug-likeness (QED) is 0.559. The number of hydrogen-bond donors (Lipinski definition) is 0. The van der Waals surface area contributed by atoms with Crippen LogP contribution in [-0.2, 0) is 28.9 Å². The third-order valence-electron chi connectivity index (χ3n) is 6.58. The maximum absolute atomic E-state index is 14.2. The highest BCUT2D eigenvalue weighted by molar-refractivity contribution is 5.95. The van der Waals surface area contributed by atoms with Gasteiger partial charge in [0, 0.05) is 53.9 Å². The average Bonchev–Trinajstić information content (AvgIpc) is 3.43. The lowest BCUT2D eigenvalue weighted by molar-refractivity contribution is -0.132. The lowest BCUT2D eigenvalue weighted by Gasteiger charge is -2.36. The number of rotatable bonds is 5. The summed E-state index contributed by atoms with van der Waals surface area (Å²) in [6.45, 7) is 4.71. The highest BCUT2D eigenvalue weighted by atomic mass is 19.1. The van der Waals surface area contributed by atoms with Crippen LogP contribution >= 0.6 is 0 Å². The van der Waals surface area contributed by atoms with Gasteiger partial charge in [0.2, 0.25) is 5.91 Å². The van der Waals surface area contributed by atoms with Crippen LogP contribution in [0, 0.1) is 5.82 Å². The van der Waals surface area contributed by atoms with Gasteiger partial charge < -0.3 is 14.5 Å². The molecule has 33 heavy (non-hydrogen) atoms. The zero-order valence-corrected chi connectivity index (χ0v) is 18.7. The van der Waals surface area contributed by atoms with E-state index in [-0.39, 0.29) is 18.3 Å². The molecule has 8 heteroatoms. The van der Waals surface area contributed by atoms with Gasteiger partial charge in [0.15, 0.2) is 5.69 Å². The summed E-state index contributed by atoms with van der Waals surface area (Å²) < 4.78 is 21.0. The van der Waals surface area contributed by atoms with E-state index in [9.17, 15) is 14.0 Å². The first-order chi connectivity index (χ1) is 16.1. The molecule has 2 aromatic carbocycles. The number of fused-ring (bicyclic) bond motifs is 2. The van der Waals surface area contributed by atoms with Crippen molar-refractivity contribution in [1.29, 1.82) is 0 Å². The molecule has 7 nitrogen and oxygen atoms in total. The van der Waals surface area contributed by atoms with E-state index in [1.54, 1.807) is 23.7 Å². The molecule has 0 radical (unpaired) electrons. The highest BCUT2D eigenvalue weighted by Gasteiger charge is 2.29. The van der Waals surface area contributed by atoms with Crippen molar-refractivity contribution in [2.45, 2.75) is 32.7 Å². The Bertz CT molecular complexity index is 1210. The van der Waals surface area contributed by atoms with E-state index in [1.165, 1.54) is 6.07 Å². The number of ether oxygens (including phenoxy) is 1. The monoisotopic (exact) mass is 450 g/mol. The summed E-state index contributed by atoms with van der Waals surface area (Å²) in [4.78, 5) is 29.4. The van der Waals surface area contributed by atoms with Gasteiger partial charge in [-0.3, -0.25) is 9.48 Å². The fourth-order valence-electron chi connectivity index (χ4n) is 4.96. The van der Waals surface area contributed by atoms with E-state index in [1.807, 2.05) is 23.1 Å². The number of anilines is 1. The summed E-state index contributed by atoms with van der Waals surface area (Å²) in [5.41, 5.74) is 3.24. The van der Waals surface area contributed by atoms with Gasteiger partial charge in [-0.25, -0.2) is 9.18 Å². The molecule has 1 aliphatic heterocycles. The number of halogens is 1. The summed E-state index contributed by atoms with van der Waals surface area (Å²) in [6, 6.07) is 10.8. The summed E-state index contributed by atoms with van der Waals surface area (Å²) in [5, 5.41) is 5.93. The Morgan fingerprint density at radius 3 is 2.58 bits per heavy atom. The lowest BCUT2D eigenvalue weighted by Crippen LogP contribution is -2.49. The van der Waals surface area contributed by atoms with Crippen molar-refractivity contribution in [3.63, 3.8) is 0 Å². The molecule has 0 bridgehead atoms. The van der Waals surface area contributed by atoms with Crippen molar-refractivity contribution in [1.82, 2.24) is 14.7 Å². The van der Waals surface area contributed by atoms with E-state index < -0.39 is 5.97 Å². The first-order valence-corrected chi connectivity index (χ1v) is 11.5. The topological polar surface area (TPSA) is 67.7 Å². The Balaban J connectivity index is 1.27. The second-order valence-electron chi connectivity index (χ2n) is 8.49. The number of esters is 1. The fraction of sp³-hybridized carbons (Fsp3) is 0.400. The van der Waals surface area contributed by atoms with Gasteiger partial charge in [-0.15, -0.1) is 0 Å². The molecule has 172 valence electrons. The van der Waals surface area contributed by atoms with Crippen LogP contribution in [0.15, 0.2) is 36.4 Å². The molecular formula is C25H27FN4O3. The van der Waals surface area contributed by atoms with Crippen LogP contribution in [0.2, 0.25) is 0 Å². The number of nitrogens with zero attached hydrogens (tertiary/aromatic N) is 4. The largest absolute Gasteiger partial charge is 0.461 e. The normalized spacial score (nSPS) is 15.7. The minimum Gasteiger partial charge on any atom is -0.461 e. The number of carbonyl (C=O) groups excluding carboxylic acids is 2. The number of benzene rings is 2. The Kier molecular flexibility index (Phi) is 5.74. The van der Waals surface area contributed by atoms with Crippen LogP contribution in [0.3, 0.4) is 0 Å². The van der Waals surface area contributed by atoms with Crippen LogP contribution in [0.4, 0.5) is 10.1 Å². The molecule has 1 amide bonds. The third-order valence-corrected chi connectivity index (χ3v) is 6.58. The molecule has 0 atom stereocenters. The molecule has 1 aromatic heterocycles.